The van der Waals surface area contributed by atoms with E-state index in [1.54, 1.807) is 38.4 Å². The fraction of sp³-hybridized carbons (Fsp3) is 0.133. The van der Waals surface area contributed by atoms with Crippen LogP contribution in [0.2, 0.25) is 5.02 Å². The molecule has 2 rings (SSSR count). The second-order valence-electron chi connectivity index (χ2n) is 4.48. The summed E-state index contributed by atoms with van der Waals surface area (Å²) in [5.41, 5.74) is 2.34. The molecule has 1 N–H and O–H groups in total. The van der Waals surface area contributed by atoms with E-state index in [9.17, 15) is 9.90 Å². The average molecular weight is 276 g/mol. The zero-order valence-electron chi connectivity index (χ0n) is 10.7. The number of nitrogens with zero attached hydrogens (tertiary/aromatic N) is 1. The van der Waals surface area contributed by atoms with Crippen molar-refractivity contribution in [2.24, 2.45) is 0 Å². The van der Waals surface area contributed by atoms with Gasteiger partial charge in [-0.2, -0.15) is 0 Å². The van der Waals surface area contributed by atoms with Crippen molar-refractivity contribution in [2.75, 3.05) is 14.1 Å². The lowest BCUT2D eigenvalue weighted by atomic mass is 10.0. The molecule has 0 bridgehead atoms. The van der Waals surface area contributed by atoms with Gasteiger partial charge in [0.15, 0.2) is 0 Å². The molecule has 0 radical (unpaired) electrons. The largest absolute Gasteiger partial charge is 0.508 e. The Bertz CT molecular complexity index is 586. The molecule has 0 spiro atoms. The fourth-order valence-electron chi connectivity index (χ4n) is 1.80. The summed E-state index contributed by atoms with van der Waals surface area (Å²) in [5.74, 6) is 0.0800. The average Bonchev–Trinajstić information content (AvgIpc) is 2.37. The summed E-state index contributed by atoms with van der Waals surface area (Å²) < 4.78 is 0. The molecule has 0 unspecified atom stereocenters. The molecule has 0 saturated heterocycles. The minimum Gasteiger partial charge on any atom is -0.508 e. The lowest BCUT2D eigenvalue weighted by Gasteiger charge is -2.10. The minimum atomic E-state index is -0.0412. The Morgan fingerprint density at radius 2 is 1.68 bits per heavy atom. The van der Waals surface area contributed by atoms with Crippen LogP contribution in [-0.2, 0) is 0 Å². The van der Waals surface area contributed by atoms with Crippen molar-refractivity contribution in [2.45, 2.75) is 0 Å². The smallest absolute Gasteiger partial charge is 0.253 e. The molecule has 0 aliphatic heterocycles. The summed E-state index contributed by atoms with van der Waals surface area (Å²) in [6.45, 7) is 0. The van der Waals surface area contributed by atoms with E-state index in [0.29, 0.717) is 10.6 Å². The molecule has 3 nitrogen and oxygen atoms in total. The molecule has 0 aliphatic rings. The summed E-state index contributed by atoms with van der Waals surface area (Å²) in [7, 11) is 3.43. The molecule has 4 heteroatoms. The van der Waals surface area contributed by atoms with Gasteiger partial charge in [-0.3, -0.25) is 4.79 Å². The van der Waals surface area contributed by atoms with E-state index in [-0.39, 0.29) is 11.7 Å². The van der Waals surface area contributed by atoms with E-state index in [4.69, 9.17) is 11.6 Å². The van der Waals surface area contributed by atoms with Gasteiger partial charge >= 0.3 is 0 Å². The standard InChI is InChI=1S/C15H14ClNO2/c1-17(2)15(19)11-5-3-10(4-6-11)12-7-13(16)9-14(18)8-12/h3-9,18H,1-2H3. The number of hydrogen-bond acceptors (Lipinski definition) is 2. The lowest BCUT2D eigenvalue weighted by molar-refractivity contribution is 0.0827. The molecule has 0 atom stereocenters. The molecule has 0 aromatic heterocycles. The predicted octanol–water partition coefficient (Wildman–Crippen LogP) is 3.41. The van der Waals surface area contributed by atoms with Crippen LogP contribution < -0.4 is 0 Å². The minimum absolute atomic E-state index is 0.0412. The summed E-state index contributed by atoms with van der Waals surface area (Å²) >= 11 is 5.90. The molecule has 0 saturated carbocycles. The molecule has 2 aromatic carbocycles. The second-order valence-corrected chi connectivity index (χ2v) is 4.91. The third-order valence-electron chi connectivity index (χ3n) is 2.75. The van der Waals surface area contributed by atoms with E-state index < -0.39 is 0 Å². The van der Waals surface area contributed by atoms with Gasteiger partial charge in [-0.05, 0) is 41.5 Å². The van der Waals surface area contributed by atoms with Crippen LogP contribution in [0.3, 0.4) is 0 Å². The molecular formula is C15H14ClNO2. The number of rotatable bonds is 2. The van der Waals surface area contributed by atoms with E-state index in [2.05, 4.69) is 0 Å². The summed E-state index contributed by atoms with van der Waals surface area (Å²) in [6.07, 6.45) is 0. The van der Waals surface area contributed by atoms with Gasteiger partial charge in [0, 0.05) is 24.7 Å². The van der Waals surface area contributed by atoms with Gasteiger partial charge in [0.05, 0.1) is 0 Å². The van der Waals surface area contributed by atoms with Crippen molar-refractivity contribution in [1.29, 1.82) is 0 Å². The summed E-state index contributed by atoms with van der Waals surface area (Å²) in [4.78, 5) is 13.3. The maximum absolute atomic E-state index is 11.8. The second kappa shape index (κ2) is 5.33. The molecule has 2 aromatic rings. The van der Waals surface area contributed by atoms with Crippen LogP contribution in [0.4, 0.5) is 0 Å². The van der Waals surface area contributed by atoms with Crippen molar-refractivity contribution in [3.05, 3.63) is 53.1 Å². The highest BCUT2D eigenvalue weighted by Crippen LogP contribution is 2.28. The van der Waals surface area contributed by atoms with Gasteiger partial charge in [0.2, 0.25) is 0 Å². The van der Waals surface area contributed by atoms with Crippen molar-refractivity contribution in [1.82, 2.24) is 4.90 Å². The first kappa shape index (κ1) is 13.4. The molecule has 0 aliphatic carbocycles. The number of benzene rings is 2. The number of phenolic OH excluding ortho intramolecular Hbond substituents is 1. The molecule has 0 fully saturated rings. The molecule has 98 valence electrons. The quantitative estimate of drug-likeness (QED) is 0.912. The molecule has 0 heterocycles. The fourth-order valence-corrected chi connectivity index (χ4v) is 2.03. The predicted molar refractivity (Wildman–Crippen MR) is 76.6 cm³/mol. The molecule has 19 heavy (non-hydrogen) atoms. The first-order valence-electron chi connectivity index (χ1n) is 5.79. The maximum Gasteiger partial charge on any atom is 0.253 e. The lowest BCUT2D eigenvalue weighted by Crippen LogP contribution is -2.21. The van der Waals surface area contributed by atoms with Crippen molar-refractivity contribution in [3.8, 4) is 16.9 Å². The highest BCUT2D eigenvalue weighted by Gasteiger charge is 2.08. The first-order valence-corrected chi connectivity index (χ1v) is 6.17. The number of carbonyl (C=O) groups is 1. The number of carbonyl (C=O) groups excluding carboxylic acids is 1. The van der Waals surface area contributed by atoms with Crippen molar-refractivity contribution in [3.63, 3.8) is 0 Å². The zero-order chi connectivity index (χ0) is 14.0. The monoisotopic (exact) mass is 275 g/mol. The van der Waals surface area contributed by atoms with Gasteiger partial charge in [-0.1, -0.05) is 23.7 Å². The van der Waals surface area contributed by atoms with E-state index in [0.717, 1.165) is 11.1 Å². The first-order chi connectivity index (χ1) is 8.97. The highest BCUT2D eigenvalue weighted by molar-refractivity contribution is 6.31. The van der Waals surface area contributed by atoms with Crippen LogP contribution in [0.1, 0.15) is 10.4 Å². The van der Waals surface area contributed by atoms with Crippen molar-refractivity contribution >= 4 is 17.5 Å². The highest BCUT2D eigenvalue weighted by atomic mass is 35.5. The number of amides is 1. The third-order valence-corrected chi connectivity index (χ3v) is 2.97. The molecular weight excluding hydrogens is 262 g/mol. The normalized spacial score (nSPS) is 10.3. The topological polar surface area (TPSA) is 40.5 Å². The van der Waals surface area contributed by atoms with Crippen LogP contribution in [0.15, 0.2) is 42.5 Å². The van der Waals surface area contributed by atoms with Crippen LogP contribution in [-0.4, -0.2) is 30.0 Å². The van der Waals surface area contributed by atoms with Crippen LogP contribution >= 0.6 is 11.6 Å². The zero-order valence-corrected chi connectivity index (χ0v) is 11.5. The van der Waals surface area contributed by atoms with Gasteiger partial charge in [0.1, 0.15) is 5.75 Å². The summed E-state index contributed by atoms with van der Waals surface area (Å²) in [6, 6.07) is 12.1. The SMILES string of the molecule is CN(C)C(=O)c1ccc(-c2cc(O)cc(Cl)c2)cc1. The summed E-state index contributed by atoms with van der Waals surface area (Å²) in [5, 5.41) is 10.0. The van der Waals surface area contributed by atoms with Crippen molar-refractivity contribution < 1.29 is 9.90 Å². The Kier molecular flexibility index (Phi) is 3.76. The number of aromatic hydroxyl groups is 1. The van der Waals surface area contributed by atoms with Gasteiger partial charge in [-0.25, -0.2) is 0 Å². The Morgan fingerprint density at radius 3 is 2.21 bits per heavy atom. The maximum atomic E-state index is 11.8. The third kappa shape index (κ3) is 3.06. The number of hydrogen-bond donors (Lipinski definition) is 1. The number of phenols is 1. The van der Waals surface area contributed by atoms with Crippen LogP contribution in [0, 0.1) is 0 Å². The van der Waals surface area contributed by atoms with Crippen LogP contribution in [0.25, 0.3) is 11.1 Å². The van der Waals surface area contributed by atoms with Gasteiger partial charge in [-0.15, -0.1) is 0 Å². The Morgan fingerprint density at radius 1 is 1.05 bits per heavy atom. The van der Waals surface area contributed by atoms with E-state index in [1.165, 1.54) is 11.0 Å². The van der Waals surface area contributed by atoms with Gasteiger partial charge < -0.3 is 10.0 Å². The Labute approximate surface area is 117 Å². The Balaban J connectivity index is 2.35. The molecule has 1 amide bonds. The van der Waals surface area contributed by atoms with E-state index in [1.807, 2.05) is 12.1 Å². The Hall–Kier alpha value is -2.00. The number of halogens is 1. The van der Waals surface area contributed by atoms with Crippen LogP contribution in [0.5, 0.6) is 5.75 Å². The van der Waals surface area contributed by atoms with E-state index >= 15 is 0 Å². The van der Waals surface area contributed by atoms with Gasteiger partial charge in [0.25, 0.3) is 5.91 Å².